The highest BCUT2D eigenvalue weighted by Gasteiger charge is 2.55. The third-order valence-electron chi connectivity index (χ3n) is 23.0. The van der Waals surface area contributed by atoms with Crippen LogP contribution in [0.3, 0.4) is 0 Å². The topological polar surface area (TPSA) is 6.48 Å². The van der Waals surface area contributed by atoms with E-state index in [0.29, 0.717) is 0 Å². The zero-order valence-electron chi connectivity index (χ0n) is 49.9. The fourth-order valence-corrected chi connectivity index (χ4v) is 19.5. The summed E-state index contributed by atoms with van der Waals surface area (Å²) in [6, 6.07) is 29.6. The number of benzene rings is 5. The van der Waals surface area contributed by atoms with E-state index < -0.39 is 0 Å². The molecular weight excluding hydrogens is 936 g/mol. The lowest BCUT2D eigenvalue weighted by Crippen LogP contribution is -2.61. The van der Waals surface area contributed by atoms with E-state index in [1.54, 1.807) is 38.9 Å². The minimum Gasteiger partial charge on any atom is -0.311 e. The molecule has 7 aliphatic carbocycles. The molecule has 2 aliphatic heterocycles. The predicted octanol–water partition coefficient (Wildman–Crippen LogP) is 18.4. The Hall–Kier alpha value is -4.28. The number of thiophene rings is 1. The molecule has 4 saturated carbocycles. The van der Waals surface area contributed by atoms with Crippen LogP contribution < -0.4 is 25.5 Å². The Morgan fingerprint density at radius 2 is 0.921 bits per heavy atom. The van der Waals surface area contributed by atoms with Crippen molar-refractivity contribution in [1.82, 2.24) is 0 Å². The maximum atomic E-state index is 2.93. The number of aryl methyl sites for hydroxylation is 2. The van der Waals surface area contributed by atoms with Crippen LogP contribution in [0.4, 0.5) is 34.1 Å². The number of rotatable bonds is 3. The normalized spacial score (nSPS) is 27.1. The van der Waals surface area contributed by atoms with Gasteiger partial charge >= 0.3 is 0 Å². The van der Waals surface area contributed by atoms with Crippen molar-refractivity contribution in [1.29, 1.82) is 0 Å². The Bertz CT molecular complexity index is 3470. The van der Waals surface area contributed by atoms with Gasteiger partial charge in [-0.1, -0.05) is 128 Å². The van der Waals surface area contributed by atoms with E-state index in [1.807, 2.05) is 0 Å². The van der Waals surface area contributed by atoms with E-state index in [2.05, 4.69) is 206 Å². The van der Waals surface area contributed by atoms with E-state index in [-0.39, 0.29) is 50.0 Å². The van der Waals surface area contributed by atoms with Crippen LogP contribution in [0.5, 0.6) is 0 Å². The number of fused-ring (bicyclic) bond motifs is 9. The molecular formula is C72H89BN2S. The Balaban J connectivity index is 1.15. The zero-order valence-corrected chi connectivity index (χ0v) is 50.8. The molecule has 4 fully saturated rings. The highest BCUT2D eigenvalue weighted by molar-refractivity contribution is 7.33. The lowest BCUT2D eigenvalue weighted by molar-refractivity contribution is -0.00514. The summed E-state index contributed by atoms with van der Waals surface area (Å²) >= 11 is 2.14. The summed E-state index contributed by atoms with van der Waals surface area (Å²) in [7, 11) is 0. The minimum absolute atomic E-state index is 0.0543. The van der Waals surface area contributed by atoms with Crippen LogP contribution in [0.2, 0.25) is 0 Å². The average Bonchev–Trinajstić information content (AvgIpc) is 3.85. The largest absolute Gasteiger partial charge is 0.311 e. The van der Waals surface area contributed by atoms with Gasteiger partial charge in [0.2, 0.25) is 0 Å². The first kappa shape index (κ1) is 50.0. The van der Waals surface area contributed by atoms with E-state index in [9.17, 15) is 0 Å². The minimum atomic E-state index is 0.0543. The third kappa shape index (κ3) is 7.01. The van der Waals surface area contributed by atoms with Gasteiger partial charge < -0.3 is 9.80 Å². The molecule has 2 nitrogen and oxygen atoms in total. The molecule has 5 aromatic carbocycles. The second kappa shape index (κ2) is 15.5. The lowest BCUT2D eigenvalue weighted by atomic mass is 9.35. The fraction of sp³-hybridized carbons (Fsp3) is 0.556. The summed E-state index contributed by atoms with van der Waals surface area (Å²) in [5.41, 5.74) is 27.5. The van der Waals surface area contributed by atoms with E-state index in [0.717, 1.165) is 17.8 Å². The van der Waals surface area contributed by atoms with Crippen LogP contribution in [-0.4, -0.2) is 6.71 Å². The molecule has 4 heteroatoms. The van der Waals surface area contributed by atoms with Crippen LogP contribution in [0.25, 0.3) is 10.1 Å². The van der Waals surface area contributed by atoms with Crippen molar-refractivity contribution in [3.63, 3.8) is 0 Å². The van der Waals surface area contributed by atoms with Crippen molar-refractivity contribution < 1.29 is 0 Å². The number of hydrogen-bond donors (Lipinski definition) is 0. The Morgan fingerprint density at radius 3 is 1.43 bits per heavy atom. The molecule has 3 heterocycles. The van der Waals surface area contributed by atoms with Crippen molar-refractivity contribution in [2.24, 2.45) is 17.8 Å². The summed E-state index contributed by atoms with van der Waals surface area (Å²) in [5.74, 6) is 2.55. The SMILES string of the molecule is Cc1cc(C(C)(C)C)ccc1N1c2cc3c(cc2B2c4sc5cc6c(cc5c4N(c4cc5c(cc4C)C(C)(C)CCC5(C)C)c4cc(C57CC8CC(CC(C8)C5)C7)cc1c42)C(C)(C)CCC6(C)C)C(C)(C)CCC3(C)C. The number of nitrogens with zero attached hydrogens (tertiary/aromatic N) is 2. The molecule has 396 valence electrons. The predicted molar refractivity (Wildman–Crippen MR) is 330 cm³/mol. The molecule has 15 rings (SSSR count). The van der Waals surface area contributed by atoms with E-state index >= 15 is 0 Å². The van der Waals surface area contributed by atoms with E-state index in [1.165, 1.54) is 154 Å². The Morgan fingerprint density at radius 1 is 0.474 bits per heavy atom. The summed E-state index contributed by atoms with van der Waals surface area (Å²) < 4.78 is 3.00. The van der Waals surface area contributed by atoms with E-state index in [4.69, 9.17) is 0 Å². The van der Waals surface area contributed by atoms with Crippen LogP contribution in [0.1, 0.15) is 237 Å². The fourth-order valence-electron chi connectivity index (χ4n) is 18.2. The van der Waals surface area contributed by atoms with Gasteiger partial charge in [0.15, 0.2) is 0 Å². The summed E-state index contributed by atoms with van der Waals surface area (Å²) in [5, 5.41) is 1.46. The summed E-state index contributed by atoms with van der Waals surface area (Å²) in [6.45, 7) is 42.5. The number of anilines is 6. The van der Waals surface area contributed by atoms with Gasteiger partial charge in [0, 0.05) is 43.3 Å². The maximum Gasteiger partial charge on any atom is 0.264 e. The summed E-state index contributed by atoms with van der Waals surface area (Å²) in [4.78, 5) is 5.78. The van der Waals surface area contributed by atoms with Gasteiger partial charge in [-0.2, -0.15) is 0 Å². The molecule has 0 radical (unpaired) electrons. The molecule has 0 atom stereocenters. The Kier molecular flexibility index (Phi) is 10.2. The quantitative estimate of drug-likeness (QED) is 0.163. The molecule has 4 bridgehead atoms. The van der Waals surface area contributed by atoms with Crippen molar-refractivity contribution in [2.75, 3.05) is 9.80 Å². The highest BCUT2D eigenvalue weighted by atomic mass is 32.1. The Labute approximate surface area is 463 Å². The average molecular weight is 1030 g/mol. The molecule has 9 aliphatic rings. The highest BCUT2D eigenvalue weighted by Crippen LogP contribution is 2.63. The molecule has 0 spiro atoms. The second-order valence-electron chi connectivity index (χ2n) is 32.1. The van der Waals surface area contributed by atoms with Crippen LogP contribution in [-0.2, 0) is 43.3 Å². The van der Waals surface area contributed by atoms with Crippen molar-refractivity contribution in [3.8, 4) is 0 Å². The van der Waals surface area contributed by atoms with Crippen molar-refractivity contribution >= 4 is 78.0 Å². The smallest absolute Gasteiger partial charge is 0.264 e. The lowest BCUT2D eigenvalue weighted by Gasteiger charge is -2.57. The molecule has 1 aromatic heterocycles. The van der Waals surface area contributed by atoms with Crippen LogP contribution >= 0.6 is 11.3 Å². The molecule has 6 aromatic rings. The van der Waals surface area contributed by atoms with Crippen molar-refractivity contribution in [2.45, 2.75) is 238 Å². The van der Waals surface area contributed by atoms with Gasteiger partial charge in [-0.05, 0) is 261 Å². The molecule has 0 saturated heterocycles. The first-order valence-electron chi connectivity index (χ1n) is 30.3. The van der Waals surface area contributed by atoms with Gasteiger partial charge in [-0.15, -0.1) is 11.3 Å². The monoisotopic (exact) mass is 1020 g/mol. The maximum absolute atomic E-state index is 2.93. The molecule has 0 N–H and O–H groups in total. The molecule has 76 heavy (non-hydrogen) atoms. The van der Waals surface area contributed by atoms with Gasteiger partial charge in [0.1, 0.15) is 0 Å². The second-order valence-corrected chi connectivity index (χ2v) is 33.2. The van der Waals surface area contributed by atoms with Gasteiger partial charge in [-0.3, -0.25) is 0 Å². The molecule has 0 unspecified atom stereocenters. The standard InChI is InChI=1S/C72H89BN2S/c1-41-26-46(65(3,4)5)18-19-56(41)74-58-36-53-51(68(10,11)22-24-70(53,14)15)34-55(58)73-62-59(74)31-47(72-38-43-28-44(39-72)30-45(29-43)40-72)32-60(62)75(57-35-52-49(27-42(57)2)66(6,7)20-23-69(52,12)13)63-48-33-50-54(37-61(48)76-64(63)73)71(16,17)25-21-67(50,8)9/h18-19,26-27,31-37,43-45H,20-25,28-30,38-40H2,1-17H3. The van der Waals surface area contributed by atoms with Crippen LogP contribution in [0.15, 0.2) is 66.7 Å². The number of hydrogen-bond acceptors (Lipinski definition) is 3. The van der Waals surface area contributed by atoms with Gasteiger partial charge in [0.25, 0.3) is 6.71 Å². The first-order valence-corrected chi connectivity index (χ1v) is 31.1. The van der Waals surface area contributed by atoms with Gasteiger partial charge in [-0.25, -0.2) is 0 Å². The zero-order chi connectivity index (χ0) is 53.6. The molecule has 0 amide bonds. The summed E-state index contributed by atoms with van der Waals surface area (Å²) in [6.07, 6.45) is 15.6. The van der Waals surface area contributed by atoms with Crippen LogP contribution in [0, 0.1) is 31.6 Å². The first-order chi connectivity index (χ1) is 35.5. The van der Waals surface area contributed by atoms with Gasteiger partial charge in [0.05, 0.1) is 5.69 Å². The van der Waals surface area contributed by atoms with Crippen molar-refractivity contribution in [3.05, 3.63) is 122 Å². The third-order valence-corrected chi connectivity index (χ3v) is 24.2.